The Morgan fingerprint density at radius 2 is 1.79 bits per heavy atom. The molecule has 1 aromatic carbocycles. The highest BCUT2D eigenvalue weighted by molar-refractivity contribution is 14.1. The largest absolute Gasteiger partial charge is 0.506 e. The summed E-state index contributed by atoms with van der Waals surface area (Å²) in [5.41, 5.74) is -0.746. The average molecular weight is 501 g/mol. The number of carbonyl (C=O) groups excluding carboxylic acids is 1. The van der Waals surface area contributed by atoms with E-state index in [4.69, 9.17) is 5.11 Å². The minimum atomic E-state index is -5.08. The number of benzene rings is 1. The topological polar surface area (TPSA) is 86.6 Å². The zero-order valence-electron chi connectivity index (χ0n) is 8.68. The maximum absolute atomic E-state index is 12.1. The summed E-state index contributed by atoms with van der Waals surface area (Å²) in [6.07, 6.45) is -5.08. The first-order valence-electron chi connectivity index (χ1n) is 4.38. The highest BCUT2D eigenvalue weighted by Gasteiger charge is 2.39. The maximum atomic E-state index is 12.1. The molecule has 104 valence electrons. The third kappa shape index (κ3) is 3.61. The van der Waals surface area contributed by atoms with E-state index in [1.807, 2.05) is 0 Å². The Balaban J connectivity index is 3.28. The summed E-state index contributed by atoms with van der Waals surface area (Å²) in [6.45, 7) is 0. The van der Waals surface area contributed by atoms with Gasteiger partial charge in [0.25, 0.3) is 0 Å². The highest BCUT2D eigenvalue weighted by Crippen LogP contribution is 2.36. The van der Waals surface area contributed by atoms with Crippen molar-refractivity contribution in [1.82, 2.24) is 0 Å². The number of amides is 1. The fourth-order valence-electron chi connectivity index (χ4n) is 1.07. The van der Waals surface area contributed by atoms with Crippen LogP contribution >= 0.6 is 45.2 Å². The molecule has 0 aliphatic rings. The number of carboxylic acid groups (broad SMARTS) is 1. The number of nitrogens with one attached hydrogen (secondary N) is 1. The van der Waals surface area contributed by atoms with Gasteiger partial charge in [-0.25, -0.2) is 4.79 Å². The predicted octanol–water partition coefficient (Wildman–Crippen LogP) is 2.80. The summed E-state index contributed by atoms with van der Waals surface area (Å²) in [7, 11) is 0. The van der Waals surface area contributed by atoms with Gasteiger partial charge in [-0.05, 0) is 51.2 Å². The van der Waals surface area contributed by atoms with Gasteiger partial charge in [0, 0.05) is 3.57 Å². The van der Waals surface area contributed by atoms with Crippen molar-refractivity contribution in [3.05, 3.63) is 18.8 Å². The summed E-state index contributed by atoms with van der Waals surface area (Å²) >= 11 is 3.01. The van der Waals surface area contributed by atoms with Gasteiger partial charge < -0.3 is 15.5 Å². The molecule has 10 heteroatoms. The summed E-state index contributed by atoms with van der Waals surface area (Å²) in [5, 5.41) is 19.9. The second-order valence-corrected chi connectivity index (χ2v) is 5.44. The van der Waals surface area contributed by atoms with Crippen LogP contribution in [-0.2, 0) is 4.79 Å². The van der Waals surface area contributed by atoms with Crippen LogP contribution in [0.1, 0.15) is 10.4 Å². The average Bonchev–Trinajstić information content (AvgIpc) is 2.27. The fraction of sp³-hybridized carbons (Fsp3) is 0.111. The van der Waals surface area contributed by atoms with E-state index >= 15 is 0 Å². The van der Waals surface area contributed by atoms with Crippen LogP contribution in [0.15, 0.2) is 6.07 Å². The van der Waals surface area contributed by atoms with Gasteiger partial charge in [0.1, 0.15) is 11.3 Å². The fourth-order valence-corrected chi connectivity index (χ4v) is 3.02. The predicted molar refractivity (Wildman–Crippen MR) is 75.2 cm³/mol. The Morgan fingerprint density at radius 1 is 1.26 bits per heavy atom. The third-order valence-corrected chi connectivity index (χ3v) is 3.82. The Bertz CT molecular complexity index is 559. The molecule has 0 spiro atoms. The Hall–Kier alpha value is -0.790. The van der Waals surface area contributed by atoms with Crippen molar-refractivity contribution in [3.63, 3.8) is 0 Å². The van der Waals surface area contributed by atoms with Crippen LogP contribution in [-0.4, -0.2) is 28.3 Å². The molecule has 0 saturated heterocycles. The molecular formula is C9H4F3I2NO4. The summed E-state index contributed by atoms with van der Waals surface area (Å²) in [5.74, 6) is -4.33. The van der Waals surface area contributed by atoms with Crippen LogP contribution in [0.5, 0.6) is 5.75 Å². The van der Waals surface area contributed by atoms with Crippen molar-refractivity contribution in [2.45, 2.75) is 6.18 Å². The summed E-state index contributed by atoms with van der Waals surface area (Å²) in [6, 6.07) is 0.965. The van der Waals surface area contributed by atoms with E-state index in [0.717, 1.165) is 6.07 Å². The Labute approximate surface area is 131 Å². The normalized spacial score (nSPS) is 11.2. The SMILES string of the molecule is O=C(O)c1cc(I)c(NC(=O)C(F)(F)F)c(I)c1O. The van der Waals surface area contributed by atoms with Gasteiger partial charge in [0.05, 0.1) is 9.26 Å². The molecule has 1 amide bonds. The lowest BCUT2D eigenvalue weighted by atomic mass is 10.2. The van der Waals surface area contributed by atoms with E-state index < -0.39 is 29.4 Å². The lowest BCUT2D eigenvalue weighted by molar-refractivity contribution is -0.167. The second-order valence-electron chi connectivity index (χ2n) is 3.20. The molecule has 0 fully saturated rings. The van der Waals surface area contributed by atoms with E-state index in [0.29, 0.717) is 0 Å². The van der Waals surface area contributed by atoms with Gasteiger partial charge in [-0.2, -0.15) is 13.2 Å². The number of alkyl halides is 3. The van der Waals surface area contributed by atoms with Crippen LogP contribution in [0.4, 0.5) is 18.9 Å². The van der Waals surface area contributed by atoms with Crippen LogP contribution in [0.2, 0.25) is 0 Å². The first kappa shape index (κ1) is 16.3. The first-order valence-corrected chi connectivity index (χ1v) is 6.54. The standard InChI is InChI=1S/C9H4F3I2NO4/c10-9(11,12)8(19)15-5-3(13)1-2(7(17)18)6(16)4(5)14/h1,16H,(H,15,19)(H,17,18). The van der Waals surface area contributed by atoms with Crippen molar-refractivity contribution in [1.29, 1.82) is 0 Å². The lowest BCUT2D eigenvalue weighted by Gasteiger charge is -2.13. The summed E-state index contributed by atoms with van der Waals surface area (Å²) < 4.78 is 36.3. The number of carbonyl (C=O) groups is 2. The smallest absolute Gasteiger partial charge is 0.471 e. The monoisotopic (exact) mass is 501 g/mol. The number of aromatic carboxylic acids is 1. The molecule has 19 heavy (non-hydrogen) atoms. The zero-order valence-corrected chi connectivity index (χ0v) is 13.0. The number of carboxylic acids is 1. The maximum Gasteiger partial charge on any atom is 0.471 e. The van der Waals surface area contributed by atoms with E-state index in [1.54, 1.807) is 27.9 Å². The Morgan fingerprint density at radius 3 is 2.21 bits per heavy atom. The number of phenols is 1. The van der Waals surface area contributed by atoms with Gasteiger partial charge in [0.15, 0.2) is 0 Å². The van der Waals surface area contributed by atoms with Crippen molar-refractivity contribution in [2.75, 3.05) is 5.32 Å². The van der Waals surface area contributed by atoms with Crippen molar-refractivity contribution >= 4 is 62.7 Å². The van der Waals surface area contributed by atoms with Gasteiger partial charge in [-0.1, -0.05) is 0 Å². The number of aromatic hydroxyl groups is 1. The van der Waals surface area contributed by atoms with Gasteiger partial charge in [-0.3, -0.25) is 4.79 Å². The number of hydrogen-bond acceptors (Lipinski definition) is 3. The molecule has 0 radical (unpaired) electrons. The molecule has 0 aromatic heterocycles. The number of rotatable bonds is 2. The number of halogens is 5. The van der Waals surface area contributed by atoms with Crippen LogP contribution in [0.25, 0.3) is 0 Å². The van der Waals surface area contributed by atoms with Crippen LogP contribution in [0.3, 0.4) is 0 Å². The molecule has 0 saturated carbocycles. The number of hydrogen-bond donors (Lipinski definition) is 3. The van der Waals surface area contributed by atoms with Crippen molar-refractivity contribution in [3.8, 4) is 5.75 Å². The minimum Gasteiger partial charge on any atom is -0.506 e. The van der Waals surface area contributed by atoms with Crippen LogP contribution < -0.4 is 5.32 Å². The summed E-state index contributed by atoms with van der Waals surface area (Å²) in [4.78, 5) is 21.6. The molecule has 0 heterocycles. The van der Waals surface area contributed by atoms with Crippen LogP contribution in [0, 0.1) is 7.14 Å². The molecule has 3 N–H and O–H groups in total. The van der Waals surface area contributed by atoms with E-state index in [2.05, 4.69) is 0 Å². The molecule has 0 atom stereocenters. The van der Waals surface area contributed by atoms with Gasteiger partial charge >= 0.3 is 18.1 Å². The minimum absolute atomic E-state index is 0.0646. The zero-order chi connectivity index (χ0) is 15.0. The quantitative estimate of drug-likeness (QED) is 0.545. The molecule has 0 aliphatic heterocycles. The highest BCUT2D eigenvalue weighted by atomic mass is 127. The van der Waals surface area contributed by atoms with E-state index in [-0.39, 0.29) is 12.8 Å². The van der Waals surface area contributed by atoms with Crippen molar-refractivity contribution < 1.29 is 33.0 Å². The lowest BCUT2D eigenvalue weighted by Crippen LogP contribution is -2.30. The molecule has 0 unspecified atom stereocenters. The van der Waals surface area contributed by atoms with Gasteiger partial charge in [0.2, 0.25) is 0 Å². The number of anilines is 1. The third-order valence-electron chi connectivity index (χ3n) is 1.92. The molecule has 1 aromatic rings. The van der Waals surface area contributed by atoms with E-state index in [9.17, 15) is 27.9 Å². The first-order chi connectivity index (χ1) is 8.55. The molecule has 5 nitrogen and oxygen atoms in total. The molecule has 0 bridgehead atoms. The molecule has 0 aliphatic carbocycles. The molecular weight excluding hydrogens is 497 g/mol. The van der Waals surface area contributed by atoms with Crippen molar-refractivity contribution in [2.24, 2.45) is 0 Å². The van der Waals surface area contributed by atoms with E-state index in [1.165, 1.54) is 22.6 Å². The Kier molecular flexibility index (Phi) is 4.86. The second kappa shape index (κ2) is 5.68. The van der Waals surface area contributed by atoms with Gasteiger partial charge in [-0.15, -0.1) is 0 Å². The molecule has 1 rings (SSSR count).